The highest BCUT2D eigenvalue weighted by Gasteiger charge is 2.14. The first-order valence-electron chi connectivity index (χ1n) is 5.24. The zero-order valence-electron chi connectivity index (χ0n) is 9.54. The summed E-state index contributed by atoms with van der Waals surface area (Å²) in [5.41, 5.74) is 4.62. The van der Waals surface area contributed by atoms with Crippen LogP contribution in [0.3, 0.4) is 0 Å². The maximum atomic E-state index is 13.5. The van der Waals surface area contributed by atoms with E-state index in [-0.39, 0.29) is 17.8 Å². The van der Waals surface area contributed by atoms with Crippen LogP contribution in [0.25, 0.3) is 0 Å². The summed E-state index contributed by atoms with van der Waals surface area (Å²) in [7, 11) is 0. The van der Waals surface area contributed by atoms with Gasteiger partial charge in [0.2, 0.25) is 0 Å². The summed E-state index contributed by atoms with van der Waals surface area (Å²) in [6, 6.07) is 5.15. The molecule has 0 aliphatic rings. The lowest BCUT2D eigenvalue weighted by Gasteiger charge is -2.08. The van der Waals surface area contributed by atoms with E-state index in [2.05, 4.69) is 5.32 Å². The molecule has 0 aliphatic heterocycles. The van der Waals surface area contributed by atoms with Gasteiger partial charge in [-0.2, -0.15) is 0 Å². The predicted octanol–water partition coefficient (Wildman–Crippen LogP) is 2.87. The van der Waals surface area contributed by atoms with E-state index in [0.29, 0.717) is 15.6 Å². The van der Waals surface area contributed by atoms with Gasteiger partial charge in [-0.05, 0) is 40.8 Å². The molecule has 2 aromatic rings. The van der Waals surface area contributed by atoms with Gasteiger partial charge in [0.05, 0.1) is 17.8 Å². The summed E-state index contributed by atoms with van der Waals surface area (Å²) in [5, 5.41) is 2.72. The summed E-state index contributed by atoms with van der Waals surface area (Å²) in [6.07, 6.45) is 0. The molecule has 0 radical (unpaired) electrons. The van der Waals surface area contributed by atoms with Crippen LogP contribution in [0.15, 0.2) is 28.7 Å². The van der Waals surface area contributed by atoms with Gasteiger partial charge in [0.15, 0.2) is 3.77 Å². The van der Waals surface area contributed by atoms with Gasteiger partial charge in [-0.3, -0.25) is 4.79 Å². The van der Waals surface area contributed by atoms with Crippen LogP contribution in [0.1, 0.15) is 16.1 Å². The van der Waals surface area contributed by atoms with E-state index in [4.69, 9.17) is 10.2 Å². The molecule has 1 heterocycles. The molecule has 0 atom stereocenters. The Balaban J connectivity index is 2.20. The first-order chi connectivity index (χ1) is 8.97. The van der Waals surface area contributed by atoms with Crippen LogP contribution in [0, 0.1) is 15.4 Å². The van der Waals surface area contributed by atoms with Crippen LogP contribution >= 0.6 is 22.6 Å². The van der Waals surface area contributed by atoms with Crippen molar-refractivity contribution < 1.29 is 18.0 Å². The van der Waals surface area contributed by atoms with Gasteiger partial charge in [-0.15, -0.1) is 0 Å². The molecule has 0 aliphatic carbocycles. The third-order valence-corrected chi connectivity index (χ3v) is 2.98. The summed E-state index contributed by atoms with van der Waals surface area (Å²) in [4.78, 5) is 11.0. The summed E-state index contributed by atoms with van der Waals surface area (Å²) >= 11 is 2.00. The van der Waals surface area contributed by atoms with Gasteiger partial charge in [-0.1, -0.05) is 0 Å². The monoisotopic (exact) mass is 378 g/mol. The third-order valence-electron chi connectivity index (χ3n) is 2.40. The number of nitrogens with two attached hydrogens (primary N) is 1. The number of benzene rings is 1. The minimum atomic E-state index is -0.983. The lowest BCUT2D eigenvalue weighted by atomic mass is 10.1. The summed E-state index contributed by atoms with van der Waals surface area (Å²) in [6.45, 7) is 0.212. The van der Waals surface area contributed by atoms with Gasteiger partial charge < -0.3 is 15.5 Å². The molecule has 2 rings (SSSR count). The van der Waals surface area contributed by atoms with Crippen LogP contribution in [0.2, 0.25) is 0 Å². The minimum absolute atomic E-state index is 0.0124. The lowest BCUT2D eigenvalue weighted by molar-refractivity contribution is 0.0996. The van der Waals surface area contributed by atoms with E-state index in [1.807, 2.05) is 22.6 Å². The average molecular weight is 378 g/mol. The summed E-state index contributed by atoms with van der Waals surface area (Å²) in [5.74, 6) is -2.14. The fraction of sp³-hybridized carbons (Fsp3) is 0.0833. The average Bonchev–Trinajstić information content (AvgIpc) is 2.73. The molecule has 4 nitrogen and oxygen atoms in total. The van der Waals surface area contributed by atoms with Gasteiger partial charge in [-0.25, -0.2) is 8.78 Å². The number of anilines is 1. The van der Waals surface area contributed by atoms with Crippen molar-refractivity contribution in [1.82, 2.24) is 0 Å². The molecule has 3 N–H and O–H groups in total. The van der Waals surface area contributed by atoms with Crippen LogP contribution in [0.5, 0.6) is 0 Å². The van der Waals surface area contributed by atoms with Crippen molar-refractivity contribution in [3.8, 4) is 0 Å². The SMILES string of the molecule is NC(=O)c1cc(NCc2ccc(I)o2)c(F)cc1F. The fourth-order valence-electron chi connectivity index (χ4n) is 1.50. The maximum absolute atomic E-state index is 13.5. The van der Waals surface area contributed by atoms with Crippen LogP contribution in [-0.4, -0.2) is 5.91 Å². The van der Waals surface area contributed by atoms with Gasteiger partial charge in [0, 0.05) is 6.07 Å². The van der Waals surface area contributed by atoms with Crippen molar-refractivity contribution in [3.63, 3.8) is 0 Å². The number of primary amides is 1. The van der Waals surface area contributed by atoms with E-state index in [1.165, 1.54) is 0 Å². The van der Waals surface area contributed by atoms with Crippen LogP contribution < -0.4 is 11.1 Å². The highest BCUT2D eigenvalue weighted by Crippen LogP contribution is 2.20. The van der Waals surface area contributed by atoms with Crippen molar-refractivity contribution in [2.45, 2.75) is 6.54 Å². The first kappa shape index (κ1) is 13.8. The van der Waals surface area contributed by atoms with E-state index < -0.39 is 17.5 Å². The molecule has 7 heteroatoms. The van der Waals surface area contributed by atoms with Crippen molar-refractivity contribution >= 4 is 34.2 Å². The van der Waals surface area contributed by atoms with Gasteiger partial charge >= 0.3 is 0 Å². The quantitative estimate of drug-likeness (QED) is 0.805. The van der Waals surface area contributed by atoms with Crippen LogP contribution in [-0.2, 0) is 6.54 Å². The predicted molar refractivity (Wildman–Crippen MR) is 73.6 cm³/mol. The third kappa shape index (κ3) is 3.22. The zero-order chi connectivity index (χ0) is 14.0. The lowest BCUT2D eigenvalue weighted by Crippen LogP contribution is -2.14. The number of amides is 1. The highest BCUT2D eigenvalue weighted by molar-refractivity contribution is 14.1. The number of rotatable bonds is 4. The standard InChI is InChI=1S/C12H9F2IN2O2/c13-8-4-9(14)10(3-7(8)12(16)18)17-5-6-1-2-11(15)19-6/h1-4,17H,5H2,(H2,16,18). The molecule has 0 saturated heterocycles. The first-order valence-corrected chi connectivity index (χ1v) is 6.32. The maximum Gasteiger partial charge on any atom is 0.251 e. The van der Waals surface area contributed by atoms with E-state index in [0.717, 1.165) is 6.07 Å². The molecule has 1 amide bonds. The smallest absolute Gasteiger partial charge is 0.251 e. The Bertz CT molecular complexity index is 628. The molecular weight excluding hydrogens is 369 g/mol. The zero-order valence-corrected chi connectivity index (χ0v) is 11.7. The number of furan rings is 1. The van der Waals surface area contributed by atoms with E-state index >= 15 is 0 Å². The van der Waals surface area contributed by atoms with Gasteiger partial charge in [0.1, 0.15) is 17.4 Å². The second-order valence-electron chi connectivity index (χ2n) is 3.74. The molecule has 0 unspecified atom stereocenters. The number of carbonyl (C=O) groups excluding carboxylic acids is 1. The molecule has 1 aromatic carbocycles. The Kier molecular flexibility index (Phi) is 4.03. The Hall–Kier alpha value is -1.64. The molecule has 0 fully saturated rings. The van der Waals surface area contributed by atoms with E-state index in [1.54, 1.807) is 12.1 Å². The van der Waals surface area contributed by atoms with E-state index in [9.17, 15) is 13.6 Å². The number of hydrogen-bond acceptors (Lipinski definition) is 3. The molecular formula is C12H9F2IN2O2. The highest BCUT2D eigenvalue weighted by atomic mass is 127. The second-order valence-corrected chi connectivity index (χ2v) is 4.80. The Morgan fingerprint density at radius 1 is 1.32 bits per heavy atom. The molecule has 100 valence electrons. The Morgan fingerprint density at radius 2 is 2.05 bits per heavy atom. The molecule has 1 aromatic heterocycles. The number of halogens is 3. The number of hydrogen-bond donors (Lipinski definition) is 2. The van der Waals surface area contributed by atoms with Crippen molar-refractivity contribution in [2.75, 3.05) is 5.32 Å². The molecule has 19 heavy (non-hydrogen) atoms. The molecule has 0 bridgehead atoms. The Morgan fingerprint density at radius 3 is 2.63 bits per heavy atom. The van der Waals surface area contributed by atoms with Gasteiger partial charge in [0.25, 0.3) is 5.91 Å². The summed E-state index contributed by atoms with van der Waals surface area (Å²) < 4.78 is 32.8. The fourth-order valence-corrected chi connectivity index (χ4v) is 1.96. The number of carbonyl (C=O) groups is 1. The van der Waals surface area contributed by atoms with Crippen molar-refractivity contribution in [1.29, 1.82) is 0 Å². The normalized spacial score (nSPS) is 10.5. The largest absolute Gasteiger partial charge is 0.454 e. The number of nitrogens with one attached hydrogen (secondary N) is 1. The van der Waals surface area contributed by atoms with Crippen molar-refractivity contribution in [2.24, 2.45) is 5.73 Å². The molecule has 0 spiro atoms. The Labute approximate surface area is 121 Å². The topological polar surface area (TPSA) is 68.3 Å². The second kappa shape index (κ2) is 5.55. The minimum Gasteiger partial charge on any atom is -0.454 e. The van der Waals surface area contributed by atoms with Crippen LogP contribution in [0.4, 0.5) is 14.5 Å². The molecule has 0 saturated carbocycles. The van der Waals surface area contributed by atoms with Crippen molar-refractivity contribution in [3.05, 3.63) is 51.0 Å².